The van der Waals surface area contributed by atoms with Crippen molar-refractivity contribution in [3.63, 3.8) is 0 Å². The van der Waals surface area contributed by atoms with Gasteiger partial charge in [-0.15, -0.1) is 6.42 Å². The number of anilines is 1. The van der Waals surface area contributed by atoms with Crippen molar-refractivity contribution in [3.05, 3.63) is 69.8 Å². The van der Waals surface area contributed by atoms with Crippen molar-refractivity contribution < 1.29 is 19.3 Å². The maximum atomic E-state index is 12.2. The summed E-state index contributed by atoms with van der Waals surface area (Å²) in [5, 5.41) is 18.2. The van der Waals surface area contributed by atoms with Gasteiger partial charge in [0.1, 0.15) is 6.04 Å². The molecule has 0 bridgehead atoms. The number of hydrogen-bond acceptors (Lipinski definition) is 5. The Balaban J connectivity index is 1.86. The van der Waals surface area contributed by atoms with E-state index in [2.05, 4.69) is 21.9 Å². The van der Waals surface area contributed by atoms with Crippen LogP contribution in [0.2, 0.25) is 0 Å². The van der Waals surface area contributed by atoms with Crippen LogP contribution < -0.4 is 16.0 Å². The van der Waals surface area contributed by atoms with Crippen LogP contribution in [0.3, 0.4) is 0 Å². The third-order valence-electron chi connectivity index (χ3n) is 3.80. The van der Waals surface area contributed by atoms with Gasteiger partial charge in [-0.2, -0.15) is 0 Å². The standard InChI is InChI=1S/C20H18N4O5/c1-3-14-6-4-8-16(10-14)23-18(25)12-21-19(26)13(2)22-20(27)15-7-5-9-17(11-15)24(28)29/h1,4-11,13H,12H2,2H3,(H,21,26)(H,22,27)(H,23,25). The number of nitro benzene ring substituents is 1. The number of nitrogens with one attached hydrogen (secondary N) is 3. The van der Waals surface area contributed by atoms with E-state index in [1.807, 2.05) is 0 Å². The van der Waals surface area contributed by atoms with E-state index in [-0.39, 0.29) is 17.8 Å². The van der Waals surface area contributed by atoms with Crippen LogP contribution in [0.1, 0.15) is 22.8 Å². The number of carbonyl (C=O) groups excluding carboxylic acids is 3. The number of terminal acetylenes is 1. The van der Waals surface area contributed by atoms with Gasteiger partial charge in [0.15, 0.2) is 0 Å². The first-order valence-electron chi connectivity index (χ1n) is 8.49. The number of non-ortho nitro benzene ring substituents is 1. The fraction of sp³-hybridized carbons (Fsp3) is 0.150. The summed E-state index contributed by atoms with van der Waals surface area (Å²) in [6.45, 7) is 1.12. The predicted molar refractivity (Wildman–Crippen MR) is 106 cm³/mol. The Morgan fingerprint density at radius 3 is 2.59 bits per heavy atom. The Kier molecular flexibility index (Phi) is 7.03. The minimum Gasteiger partial charge on any atom is -0.345 e. The first kappa shape index (κ1) is 21.1. The van der Waals surface area contributed by atoms with E-state index in [0.29, 0.717) is 11.3 Å². The molecule has 2 rings (SSSR count). The molecule has 0 fully saturated rings. The third kappa shape index (κ3) is 6.18. The predicted octanol–water partition coefficient (Wildman–Crippen LogP) is 1.45. The van der Waals surface area contributed by atoms with Gasteiger partial charge in [-0.25, -0.2) is 0 Å². The largest absolute Gasteiger partial charge is 0.345 e. The molecule has 0 radical (unpaired) electrons. The molecular formula is C20H18N4O5. The molecule has 9 heteroatoms. The second kappa shape index (κ2) is 9.66. The lowest BCUT2D eigenvalue weighted by Gasteiger charge is -2.14. The van der Waals surface area contributed by atoms with Gasteiger partial charge in [-0.3, -0.25) is 24.5 Å². The molecule has 148 valence electrons. The molecule has 0 aliphatic heterocycles. The number of carbonyl (C=O) groups is 3. The highest BCUT2D eigenvalue weighted by molar-refractivity contribution is 5.99. The molecule has 3 N–H and O–H groups in total. The zero-order valence-corrected chi connectivity index (χ0v) is 15.5. The van der Waals surface area contributed by atoms with Crippen molar-refractivity contribution in [2.24, 2.45) is 0 Å². The van der Waals surface area contributed by atoms with Gasteiger partial charge < -0.3 is 16.0 Å². The lowest BCUT2D eigenvalue weighted by molar-refractivity contribution is -0.384. The smallest absolute Gasteiger partial charge is 0.270 e. The number of amides is 3. The molecule has 2 aromatic carbocycles. The zero-order valence-electron chi connectivity index (χ0n) is 15.5. The Morgan fingerprint density at radius 1 is 1.17 bits per heavy atom. The quantitative estimate of drug-likeness (QED) is 0.372. The molecule has 29 heavy (non-hydrogen) atoms. The van der Waals surface area contributed by atoms with E-state index in [0.717, 1.165) is 6.07 Å². The maximum Gasteiger partial charge on any atom is 0.270 e. The van der Waals surface area contributed by atoms with E-state index in [1.165, 1.54) is 25.1 Å². The molecule has 0 aliphatic rings. The van der Waals surface area contributed by atoms with Crippen LogP contribution >= 0.6 is 0 Å². The lowest BCUT2D eigenvalue weighted by atomic mass is 10.1. The van der Waals surface area contributed by atoms with Crippen molar-refractivity contribution in [1.82, 2.24) is 10.6 Å². The first-order chi connectivity index (χ1) is 13.8. The topological polar surface area (TPSA) is 130 Å². The number of rotatable bonds is 7. The molecule has 1 unspecified atom stereocenters. The summed E-state index contributed by atoms with van der Waals surface area (Å²) in [6.07, 6.45) is 5.30. The Bertz CT molecular complexity index is 996. The van der Waals surface area contributed by atoms with Gasteiger partial charge >= 0.3 is 0 Å². The summed E-state index contributed by atoms with van der Waals surface area (Å²) < 4.78 is 0. The van der Waals surface area contributed by atoms with Gasteiger partial charge in [0, 0.05) is 28.9 Å². The molecule has 0 spiro atoms. The zero-order chi connectivity index (χ0) is 21.4. The number of benzene rings is 2. The van der Waals surface area contributed by atoms with E-state index < -0.39 is 28.7 Å². The highest BCUT2D eigenvalue weighted by Crippen LogP contribution is 2.13. The van der Waals surface area contributed by atoms with E-state index in [1.54, 1.807) is 24.3 Å². The molecule has 0 saturated carbocycles. The van der Waals surface area contributed by atoms with Crippen LogP contribution in [-0.4, -0.2) is 35.2 Å². The third-order valence-corrected chi connectivity index (χ3v) is 3.80. The summed E-state index contributed by atoms with van der Waals surface area (Å²) in [5.41, 5.74) is 0.904. The van der Waals surface area contributed by atoms with Crippen LogP contribution in [0.4, 0.5) is 11.4 Å². The molecule has 0 heterocycles. The average molecular weight is 394 g/mol. The van der Waals surface area contributed by atoms with Crippen LogP contribution in [0.15, 0.2) is 48.5 Å². The number of nitrogens with zero attached hydrogens (tertiary/aromatic N) is 1. The van der Waals surface area contributed by atoms with Crippen molar-refractivity contribution >= 4 is 29.1 Å². The maximum absolute atomic E-state index is 12.2. The molecule has 0 aliphatic carbocycles. The van der Waals surface area contributed by atoms with Crippen LogP contribution in [0.5, 0.6) is 0 Å². The highest BCUT2D eigenvalue weighted by Gasteiger charge is 2.18. The van der Waals surface area contributed by atoms with E-state index in [4.69, 9.17) is 6.42 Å². The molecule has 0 aromatic heterocycles. The second-order valence-corrected chi connectivity index (χ2v) is 5.99. The van der Waals surface area contributed by atoms with Gasteiger partial charge in [0.2, 0.25) is 11.8 Å². The summed E-state index contributed by atoms with van der Waals surface area (Å²) in [6, 6.07) is 10.8. The fourth-order valence-corrected chi connectivity index (χ4v) is 2.32. The van der Waals surface area contributed by atoms with E-state index in [9.17, 15) is 24.5 Å². The van der Waals surface area contributed by atoms with Crippen molar-refractivity contribution in [2.45, 2.75) is 13.0 Å². The Hall–Kier alpha value is -4.19. The molecular weight excluding hydrogens is 376 g/mol. The summed E-state index contributed by atoms with van der Waals surface area (Å²) in [7, 11) is 0. The monoisotopic (exact) mass is 394 g/mol. The summed E-state index contributed by atoms with van der Waals surface area (Å²) in [5.74, 6) is 0.747. The normalized spacial score (nSPS) is 10.9. The second-order valence-electron chi connectivity index (χ2n) is 5.99. The molecule has 9 nitrogen and oxygen atoms in total. The van der Waals surface area contributed by atoms with Crippen molar-refractivity contribution in [3.8, 4) is 12.3 Å². The molecule has 1 atom stereocenters. The van der Waals surface area contributed by atoms with Crippen LogP contribution in [0, 0.1) is 22.5 Å². The van der Waals surface area contributed by atoms with Crippen LogP contribution in [0.25, 0.3) is 0 Å². The summed E-state index contributed by atoms with van der Waals surface area (Å²) in [4.78, 5) is 46.4. The van der Waals surface area contributed by atoms with Crippen molar-refractivity contribution in [2.75, 3.05) is 11.9 Å². The van der Waals surface area contributed by atoms with Crippen LogP contribution in [-0.2, 0) is 9.59 Å². The molecule has 2 aromatic rings. The van der Waals surface area contributed by atoms with Gasteiger partial charge in [0.05, 0.1) is 11.5 Å². The number of hydrogen-bond donors (Lipinski definition) is 3. The van der Waals surface area contributed by atoms with Crippen molar-refractivity contribution in [1.29, 1.82) is 0 Å². The Labute approximate surface area is 166 Å². The van der Waals surface area contributed by atoms with Gasteiger partial charge in [-0.1, -0.05) is 18.1 Å². The average Bonchev–Trinajstić information content (AvgIpc) is 2.72. The fourth-order valence-electron chi connectivity index (χ4n) is 2.32. The minimum absolute atomic E-state index is 0.0463. The minimum atomic E-state index is -0.959. The van der Waals surface area contributed by atoms with E-state index >= 15 is 0 Å². The van der Waals surface area contributed by atoms with Gasteiger partial charge in [0.25, 0.3) is 11.6 Å². The Morgan fingerprint density at radius 2 is 1.90 bits per heavy atom. The number of nitro groups is 1. The molecule has 3 amide bonds. The van der Waals surface area contributed by atoms with Gasteiger partial charge in [-0.05, 0) is 31.2 Å². The highest BCUT2D eigenvalue weighted by atomic mass is 16.6. The molecule has 0 saturated heterocycles. The first-order valence-corrected chi connectivity index (χ1v) is 8.49. The summed E-state index contributed by atoms with van der Waals surface area (Å²) >= 11 is 0. The lowest BCUT2D eigenvalue weighted by Crippen LogP contribution is -2.46. The SMILES string of the molecule is C#Cc1cccc(NC(=O)CNC(=O)C(C)NC(=O)c2cccc([N+](=O)[O-])c2)c1.